The molecule has 1 unspecified atom stereocenters. The molecule has 0 fully saturated rings. The Morgan fingerprint density at radius 1 is 1.44 bits per heavy atom. The summed E-state index contributed by atoms with van der Waals surface area (Å²) in [4.78, 5) is 21.5. The van der Waals surface area contributed by atoms with E-state index in [-0.39, 0.29) is 12.2 Å². The van der Waals surface area contributed by atoms with Gasteiger partial charge >= 0.3 is 5.97 Å². The van der Waals surface area contributed by atoms with Crippen LogP contribution in [0, 0.1) is 0 Å². The topological polar surface area (TPSA) is 54.4 Å². The lowest BCUT2D eigenvalue weighted by atomic mass is 10.0. The standard InChI is InChI=1S/C11H10Br2O3/c1-6(14)11(13)9-5-8(12)3-2-7(9)4-10(15)16/h2-3,5,11H,4H2,1H3,(H,15,16). The molecule has 0 aliphatic rings. The molecule has 1 rings (SSSR count). The molecule has 1 atom stereocenters. The summed E-state index contributed by atoms with van der Waals surface area (Å²) in [5.74, 6) is -0.962. The molecular weight excluding hydrogens is 340 g/mol. The normalized spacial score (nSPS) is 12.2. The number of Topliss-reactive ketones (excluding diaryl/α,β-unsaturated/α-hetero) is 1. The van der Waals surface area contributed by atoms with Gasteiger partial charge in [-0.3, -0.25) is 9.59 Å². The van der Waals surface area contributed by atoms with Crippen LogP contribution in [-0.4, -0.2) is 16.9 Å². The number of carboxylic acid groups (broad SMARTS) is 1. The van der Waals surface area contributed by atoms with E-state index in [2.05, 4.69) is 31.9 Å². The minimum atomic E-state index is -0.910. The largest absolute Gasteiger partial charge is 0.481 e. The number of hydrogen-bond acceptors (Lipinski definition) is 2. The number of halogens is 2. The van der Waals surface area contributed by atoms with Gasteiger partial charge in [-0.25, -0.2) is 0 Å². The van der Waals surface area contributed by atoms with Crippen molar-refractivity contribution in [2.45, 2.75) is 18.2 Å². The van der Waals surface area contributed by atoms with Crippen molar-refractivity contribution in [1.82, 2.24) is 0 Å². The summed E-state index contributed by atoms with van der Waals surface area (Å²) in [5, 5.41) is 8.77. The zero-order valence-electron chi connectivity index (χ0n) is 8.54. The lowest BCUT2D eigenvalue weighted by molar-refractivity contribution is -0.136. The first kappa shape index (κ1) is 13.4. The molecule has 5 heteroatoms. The van der Waals surface area contributed by atoms with Crippen molar-refractivity contribution in [3.8, 4) is 0 Å². The van der Waals surface area contributed by atoms with Gasteiger partial charge in [0.15, 0.2) is 0 Å². The average molecular weight is 350 g/mol. The minimum Gasteiger partial charge on any atom is -0.481 e. The van der Waals surface area contributed by atoms with Crippen LogP contribution in [0.1, 0.15) is 22.9 Å². The fourth-order valence-electron chi connectivity index (χ4n) is 1.34. The molecule has 0 amide bonds. The molecule has 0 aliphatic carbocycles. The van der Waals surface area contributed by atoms with Gasteiger partial charge < -0.3 is 5.11 Å². The molecule has 0 aromatic heterocycles. The number of hydrogen-bond donors (Lipinski definition) is 1. The Hall–Kier alpha value is -0.680. The van der Waals surface area contributed by atoms with E-state index < -0.39 is 10.8 Å². The first-order chi connectivity index (χ1) is 7.41. The maximum atomic E-state index is 11.3. The van der Waals surface area contributed by atoms with E-state index in [0.717, 1.165) is 4.47 Å². The molecular formula is C11H10Br2O3. The highest BCUT2D eigenvalue weighted by atomic mass is 79.9. The predicted molar refractivity (Wildman–Crippen MR) is 67.8 cm³/mol. The van der Waals surface area contributed by atoms with Gasteiger partial charge in [0.2, 0.25) is 0 Å². The smallest absolute Gasteiger partial charge is 0.307 e. The van der Waals surface area contributed by atoms with Gasteiger partial charge in [-0.15, -0.1) is 0 Å². The molecule has 1 aromatic rings. The number of carboxylic acids is 1. The highest BCUT2D eigenvalue weighted by Gasteiger charge is 2.18. The Bertz CT molecular complexity index is 429. The summed E-state index contributed by atoms with van der Waals surface area (Å²) >= 11 is 6.56. The van der Waals surface area contributed by atoms with Gasteiger partial charge in [0.25, 0.3) is 0 Å². The summed E-state index contributed by atoms with van der Waals surface area (Å²) in [7, 11) is 0. The SMILES string of the molecule is CC(=O)C(Br)c1cc(Br)ccc1CC(=O)O. The lowest BCUT2D eigenvalue weighted by Gasteiger charge is -2.12. The van der Waals surface area contributed by atoms with Crippen molar-refractivity contribution in [3.63, 3.8) is 0 Å². The Kier molecular flexibility index (Phi) is 4.68. The fourth-order valence-corrected chi connectivity index (χ4v) is 2.15. The van der Waals surface area contributed by atoms with Gasteiger partial charge in [-0.05, 0) is 30.2 Å². The molecule has 3 nitrogen and oxygen atoms in total. The number of aliphatic carboxylic acids is 1. The molecule has 86 valence electrons. The predicted octanol–water partition coefficient (Wildman–Crippen LogP) is 3.10. The third kappa shape index (κ3) is 3.42. The van der Waals surface area contributed by atoms with E-state index in [4.69, 9.17) is 5.11 Å². The van der Waals surface area contributed by atoms with E-state index in [9.17, 15) is 9.59 Å². The van der Waals surface area contributed by atoms with Gasteiger partial charge in [-0.2, -0.15) is 0 Å². The molecule has 0 radical (unpaired) electrons. The van der Waals surface area contributed by atoms with Gasteiger partial charge in [-0.1, -0.05) is 37.9 Å². The molecule has 0 saturated carbocycles. The molecule has 0 saturated heterocycles. The van der Waals surface area contributed by atoms with Gasteiger partial charge in [0.05, 0.1) is 11.2 Å². The van der Waals surface area contributed by atoms with Gasteiger partial charge in [0, 0.05) is 4.47 Å². The van der Waals surface area contributed by atoms with E-state index in [1.165, 1.54) is 6.92 Å². The van der Waals surface area contributed by atoms with E-state index in [1.807, 2.05) is 0 Å². The monoisotopic (exact) mass is 348 g/mol. The Balaban J connectivity index is 3.17. The van der Waals surface area contributed by atoms with Crippen LogP contribution in [0.4, 0.5) is 0 Å². The number of alkyl halides is 1. The van der Waals surface area contributed by atoms with E-state index >= 15 is 0 Å². The van der Waals surface area contributed by atoms with Crippen LogP contribution < -0.4 is 0 Å². The van der Waals surface area contributed by atoms with Crippen LogP contribution in [0.15, 0.2) is 22.7 Å². The van der Waals surface area contributed by atoms with E-state index in [1.54, 1.807) is 18.2 Å². The maximum absolute atomic E-state index is 11.3. The first-order valence-electron chi connectivity index (χ1n) is 4.56. The van der Waals surface area contributed by atoms with Crippen LogP contribution in [0.3, 0.4) is 0 Å². The fraction of sp³-hybridized carbons (Fsp3) is 0.273. The summed E-state index contributed by atoms with van der Waals surface area (Å²) in [5.41, 5.74) is 1.34. The third-order valence-electron chi connectivity index (χ3n) is 2.08. The summed E-state index contributed by atoms with van der Waals surface area (Å²) < 4.78 is 0.822. The first-order valence-corrected chi connectivity index (χ1v) is 6.27. The molecule has 0 aliphatic heterocycles. The lowest BCUT2D eigenvalue weighted by Crippen LogP contribution is -2.08. The number of ketones is 1. The van der Waals surface area contributed by atoms with Gasteiger partial charge in [0.1, 0.15) is 5.78 Å². The van der Waals surface area contributed by atoms with Crippen LogP contribution in [-0.2, 0) is 16.0 Å². The number of carbonyl (C=O) groups excluding carboxylic acids is 1. The third-order valence-corrected chi connectivity index (χ3v) is 3.71. The van der Waals surface area contributed by atoms with Crippen molar-refractivity contribution in [3.05, 3.63) is 33.8 Å². The van der Waals surface area contributed by atoms with Crippen molar-refractivity contribution in [2.24, 2.45) is 0 Å². The van der Waals surface area contributed by atoms with Crippen LogP contribution in [0.2, 0.25) is 0 Å². The second-order valence-electron chi connectivity index (χ2n) is 3.39. The van der Waals surface area contributed by atoms with Crippen LogP contribution in [0.5, 0.6) is 0 Å². The number of carbonyl (C=O) groups is 2. The zero-order valence-corrected chi connectivity index (χ0v) is 11.7. The molecule has 0 spiro atoms. The van der Waals surface area contributed by atoms with E-state index in [0.29, 0.717) is 11.1 Å². The highest BCUT2D eigenvalue weighted by molar-refractivity contribution is 9.10. The second-order valence-corrected chi connectivity index (χ2v) is 5.22. The average Bonchev–Trinajstić information content (AvgIpc) is 2.18. The quantitative estimate of drug-likeness (QED) is 0.850. The zero-order chi connectivity index (χ0) is 12.3. The second kappa shape index (κ2) is 5.59. The molecule has 0 heterocycles. The summed E-state index contributed by atoms with van der Waals surface area (Å²) in [6.07, 6.45) is -0.0853. The molecule has 1 N–H and O–H groups in total. The summed E-state index contributed by atoms with van der Waals surface area (Å²) in [6.45, 7) is 1.46. The Labute approximate surface area is 110 Å². The van der Waals surface area contributed by atoms with Crippen molar-refractivity contribution >= 4 is 43.6 Å². The van der Waals surface area contributed by atoms with Crippen LogP contribution in [0.25, 0.3) is 0 Å². The number of benzene rings is 1. The summed E-state index contributed by atoms with van der Waals surface area (Å²) in [6, 6.07) is 5.24. The van der Waals surface area contributed by atoms with Crippen molar-refractivity contribution in [2.75, 3.05) is 0 Å². The molecule has 1 aromatic carbocycles. The number of rotatable bonds is 4. The minimum absolute atomic E-state index is 0.0512. The Morgan fingerprint density at radius 2 is 2.06 bits per heavy atom. The molecule has 0 bridgehead atoms. The highest BCUT2D eigenvalue weighted by Crippen LogP contribution is 2.29. The molecule has 16 heavy (non-hydrogen) atoms. The van der Waals surface area contributed by atoms with Crippen molar-refractivity contribution < 1.29 is 14.7 Å². The maximum Gasteiger partial charge on any atom is 0.307 e. The van der Waals surface area contributed by atoms with Crippen LogP contribution >= 0.6 is 31.9 Å². The van der Waals surface area contributed by atoms with Crippen molar-refractivity contribution in [1.29, 1.82) is 0 Å². The Morgan fingerprint density at radius 3 is 2.56 bits per heavy atom.